The van der Waals surface area contributed by atoms with E-state index in [1.54, 1.807) is 0 Å². The van der Waals surface area contributed by atoms with Crippen molar-refractivity contribution in [3.63, 3.8) is 0 Å². The van der Waals surface area contributed by atoms with Crippen LogP contribution in [0.25, 0.3) is 21.5 Å². The van der Waals surface area contributed by atoms with E-state index in [-0.39, 0.29) is 11.6 Å². The maximum atomic E-state index is 13.7. The summed E-state index contributed by atoms with van der Waals surface area (Å²) in [5.74, 6) is -0.529. The first-order valence-corrected chi connectivity index (χ1v) is 10.6. The number of hydrogen-bond acceptors (Lipinski definition) is 0. The second-order valence-electron chi connectivity index (χ2n) is 6.86. The molecule has 0 nitrogen and oxygen atoms in total. The topological polar surface area (TPSA) is 0 Å². The van der Waals surface area contributed by atoms with Crippen molar-refractivity contribution in [1.82, 2.24) is 0 Å². The zero-order chi connectivity index (χ0) is 19.8. The zero-order valence-electron chi connectivity index (χ0n) is 15.5. The molecule has 0 radical (unpaired) electrons. The van der Waals surface area contributed by atoms with Gasteiger partial charge in [-0.05, 0) is 77.5 Å². The van der Waals surface area contributed by atoms with Crippen LogP contribution in [0.15, 0.2) is 118 Å². The Morgan fingerprint density at radius 1 is 0.483 bits per heavy atom. The smallest absolute Gasteiger partial charge is 0.182 e. The molecule has 0 atom stereocenters. The summed E-state index contributed by atoms with van der Waals surface area (Å²) in [5, 5.41) is 4.62. The number of rotatable bonds is 3. The quantitative estimate of drug-likeness (QED) is 0.219. The Bertz CT molecular complexity index is 1210. The lowest BCUT2D eigenvalue weighted by Crippen LogP contribution is -2.07. The third-order valence-corrected chi connectivity index (χ3v) is 7.36. The highest BCUT2D eigenvalue weighted by Crippen LogP contribution is 2.40. The molecule has 0 heterocycles. The first kappa shape index (κ1) is 17.9. The van der Waals surface area contributed by atoms with E-state index in [1.807, 2.05) is 48.5 Å². The Morgan fingerprint density at radius 3 is 1.34 bits per heavy atom. The van der Waals surface area contributed by atoms with Crippen LogP contribution >= 0.6 is 0 Å². The summed E-state index contributed by atoms with van der Waals surface area (Å²) in [6, 6.07) is 32.1. The Balaban J connectivity index is 1.89. The van der Waals surface area contributed by atoms with Crippen LogP contribution in [0.5, 0.6) is 0 Å². The number of fused-ring (bicyclic) bond motifs is 2. The molecule has 0 N–H and O–H groups in total. The van der Waals surface area contributed by atoms with Crippen LogP contribution in [-0.4, -0.2) is 0 Å². The summed E-state index contributed by atoms with van der Waals surface area (Å²) < 4.78 is 27.3. The number of hydrogen-bond donors (Lipinski definition) is 0. The van der Waals surface area contributed by atoms with Gasteiger partial charge in [0.25, 0.3) is 0 Å². The van der Waals surface area contributed by atoms with Crippen LogP contribution in [0.1, 0.15) is 0 Å². The number of halogens is 2. The standard InChI is InChI=1S/C26H17F2S/c27-20-9-13-22(14-10-20)29(23-15-11-21(28)12-16-23)26-24-7-3-1-5-18(24)17-19-6-2-4-8-25(19)26/h1-17H/q+1. The van der Waals surface area contributed by atoms with Crippen LogP contribution in [0.3, 0.4) is 0 Å². The van der Waals surface area contributed by atoms with Crippen molar-refractivity contribution in [3.8, 4) is 0 Å². The summed E-state index contributed by atoms with van der Waals surface area (Å²) in [6.45, 7) is 0. The molecule has 140 valence electrons. The summed E-state index contributed by atoms with van der Waals surface area (Å²) >= 11 is 0. The van der Waals surface area contributed by atoms with E-state index >= 15 is 0 Å². The number of benzene rings is 5. The Hall–Kier alpha value is -3.17. The molecule has 0 saturated carbocycles. The van der Waals surface area contributed by atoms with Gasteiger partial charge in [0.15, 0.2) is 14.7 Å². The van der Waals surface area contributed by atoms with E-state index in [2.05, 4.69) is 30.3 Å². The lowest BCUT2D eigenvalue weighted by atomic mass is 10.0. The molecule has 0 spiro atoms. The van der Waals surface area contributed by atoms with Crippen molar-refractivity contribution < 1.29 is 8.78 Å². The van der Waals surface area contributed by atoms with Crippen LogP contribution in [0.4, 0.5) is 8.78 Å². The van der Waals surface area contributed by atoms with E-state index in [9.17, 15) is 8.78 Å². The Labute approximate surface area is 170 Å². The molecule has 0 amide bonds. The summed E-state index contributed by atoms with van der Waals surface area (Å²) in [6.07, 6.45) is 0. The first-order chi connectivity index (χ1) is 14.2. The second kappa shape index (κ2) is 7.34. The highest BCUT2D eigenvalue weighted by atomic mass is 32.2. The first-order valence-electron chi connectivity index (χ1n) is 9.37. The van der Waals surface area contributed by atoms with Crippen LogP contribution in [-0.2, 0) is 10.9 Å². The van der Waals surface area contributed by atoms with Gasteiger partial charge in [-0.15, -0.1) is 0 Å². The molecule has 0 saturated heterocycles. The van der Waals surface area contributed by atoms with E-state index in [4.69, 9.17) is 0 Å². The molecule has 0 aliphatic carbocycles. The molecule has 0 unspecified atom stereocenters. The average Bonchev–Trinajstić information content (AvgIpc) is 2.76. The largest absolute Gasteiger partial charge is 0.207 e. The van der Waals surface area contributed by atoms with Gasteiger partial charge in [-0.2, -0.15) is 0 Å². The Morgan fingerprint density at radius 2 is 0.897 bits per heavy atom. The zero-order valence-corrected chi connectivity index (χ0v) is 16.3. The maximum Gasteiger partial charge on any atom is 0.182 e. The van der Waals surface area contributed by atoms with Crippen molar-refractivity contribution in [2.24, 2.45) is 0 Å². The Kier molecular flexibility index (Phi) is 4.53. The van der Waals surface area contributed by atoms with Gasteiger partial charge in [-0.1, -0.05) is 36.4 Å². The predicted molar refractivity (Wildman–Crippen MR) is 116 cm³/mol. The minimum absolute atomic E-state index is 0.265. The SMILES string of the molecule is Fc1ccc([S+](c2ccc(F)cc2)c2c3ccccc3cc3ccccc23)cc1. The highest BCUT2D eigenvalue weighted by molar-refractivity contribution is 7.97. The predicted octanol–water partition coefficient (Wildman–Crippen LogP) is 7.37. The van der Waals surface area contributed by atoms with Gasteiger partial charge in [0.2, 0.25) is 0 Å². The molecule has 0 aliphatic heterocycles. The third kappa shape index (κ3) is 3.28. The highest BCUT2D eigenvalue weighted by Gasteiger charge is 2.32. The molecule has 29 heavy (non-hydrogen) atoms. The van der Waals surface area contributed by atoms with Crippen molar-refractivity contribution in [2.75, 3.05) is 0 Å². The molecule has 5 aromatic carbocycles. The molecule has 0 aromatic heterocycles. The summed E-state index contributed by atoms with van der Waals surface area (Å²) in [5.41, 5.74) is 0. The van der Waals surface area contributed by atoms with E-state index in [0.717, 1.165) is 31.3 Å². The second-order valence-corrected chi connectivity index (χ2v) is 8.83. The summed E-state index contributed by atoms with van der Waals surface area (Å²) in [4.78, 5) is 3.18. The fourth-order valence-electron chi connectivity index (χ4n) is 3.70. The molecule has 5 aromatic rings. The molecule has 0 aliphatic rings. The molecular weight excluding hydrogens is 382 g/mol. The van der Waals surface area contributed by atoms with Gasteiger partial charge in [0, 0.05) is 10.8 Å². The lowest BCUT2D eigenvalue weighted by molar-refractivity contribution is 0.626. The van der Waals surface area contributed by atoms with Gasteiger partial charge < -0.3 is 0 Å². The molecule has 0 fully saturated rings. The average molecular weight is 399 g/mol. The van der Waals surface area contributed by atoms with E-state index in [0.29, 0.717) is 0 Å². The fourth-order valence-corrected chi connectivity index (χ4v) is 6.08. The minimum Gasteiger partial charge on any atom is -0.207 e. The van der Waals surface area contributed by atoms with Crippen LogP contribution < -0.4 is 0 Å². The van der Waals surface area contributed by atoms with Gasteiger partial charge in [-0.25, -0.2) is 8.78 Å². The van der Waals surface area contributed by atoms with Crippen molar-refractivity contribution in [1.29, 1.82) is 0 Å². The fraction of sp³-hybridized carbons (Fsp3) is 0. The molecule has 0 bridgehead atoms. The van der Waals surface area contributed by atoms with Gasteiger partial charge in [0.05, 0.1) is 0 Å². The van der Waals surface area contributed by atoms with Crippen molar-refractivity contribution in [2.45, 2.75) is 14.7 Å². The van der Waals surface area contributed by atoms with Gasteiger partial charge >= 0.3 is 0 Å². The lowest BCUT2D eigenvalue weighted by Gasteiger charge is -2.13. The normalized spacial score (nSPS) is 11.4. The van der Waals surface area contributed by atoms with Crippen LogP contribution in [0.2, 0.25) is 0 Å². The van der Waals surface area contributed by atoms with E-state index < -0.39 is 10.9 Å². The summed E-state index contributed by atoms with van der Waals surface area (Å²) in [7, 11) is -0.514. The molecule has 5 rings (SSSR count). The van der Waals surface area contributed by atoms with Crippen molar-refractivity contribution >= 4 is 32.4 Å². The van der Waals surface area contributed by atoms with Crippen molar-refractivity contribution in [3.05, 3.63) is 115 Å². The van der Waals surface area contributed by atoms with Crippen LogP contribution in [0, 0.1) is 11.6 Å². The van der Waals surface area contributed by atoms with Gasteiger partial charge in [-0.3, -0.25) is 0 Å². The monoisotopic (exact) mass is 399 g/mol. The van der Waals surface area contributed by atoms with E-state index in [1.165, 1.54) is 29.2 Å². The third-order valence-electron chi connectivity index (χ3n) is 5.02. The molecule has 3 heteroatoms. The molecular formula is C26H17F2S+. The minimum atomic E-state index is -0.514. The maximum absolute atomic E-state index is 13.7. The van der Waals surface area contributed by atoms with Gasteiger partial charge in [0.1, 0.15) is 22.5 Å².